The number of likely N-dealkylation sites (N-methyl/N-ethyl adjacent to an activating group) is 1. The van der Waals surface area contributed by atoms with Crippen molar-refractivity contribution >= 4 is 5.95 Å². The van der Waals surface area contributed by atoms with Crippen LogP contribution in [0, 0.1) is 5.82 Å². The topological polar surface area (TPSA) is 57.6 Å². The first-order valence-corrected chi connectivity index (χ1v) is 11.0. The van der Waals surface area contributed by atoms with E-state index in [0.29, 0.717) is 18.2 Å². The molecule has 0 radical (unpaired) electrons. The molecule has 2 aliphatic heterocycles. The van der Waals surface area contributed by atoms with E-state index in [1.165, 1.54) is 17.7 Å². The lowest BCUT2D eigenvalue weighted by atomic mass is 10.1. The van der Waals surface area contributed by atoms with Crippen LogP contribution >= 0.6 is 0 Å². The summed E-state index contributed by atoms with van der Waals surface area (Å²) in [6.07, 6.45) is 4.48. The summed E-state index contributed by atoms with van der Waals surface area (Å²) < 4.78 is 19.6. The second-order valence-electron chi connectivity index (χ2n) is 8.42. The number of ether oxygens (including phenoxy) is 1. The number of fused-ring (bicyclic) bond motifs is 1. The van der Waals surface area contributed by atoms with E-state index in [1.807, 2.05) is 24.5 Å². The maximum absolute atomic E-state index is 13.4. The molecule has 0 unspecified atom stereocenters. The molecule has 3 aromatic rings. The zero-order chi connectivity index (χ0) is 21.9. The number of halogens is 1. The van der Waals surface area contributed by atoms with Gasteiger partial charge in [-0.1, -0.05) is 0 Å². The van der Waals surface area contributed by atoms with Crippen LogP contribution in [0.4, 0.5) is 10.3 Å². The highest BCUT2D eigenvalue weighted by Crippen LogP contribution is 2.32. The lowest BCUT2D eigenvalue weighted by molar-refractivity contribution is 0.238. The Bertz CT molecular complexity index is 1050. The molecular weight excluding hydrogens is 407 g/mol. The summed E-state index contributed by atoms with van der Waals surface area (Å²) in [5.41, 5.74) is 3.27. The molecule has 0 spiro atoms. The number of pyridine rings is 1. The van der Waals surface area contributed by atoms with Crippen molar-refractivity contribution in [2.24, 2.45) is 0 Å². The number of hydrogen-bond acceptors (Lipinski definition) is 7. The van der Waals surface area contributed by atoms with E-state index < -0.39 is 0 Å². The Morgan fingerprint density at radius 2 is 1.69 bits per heavy atom. The van der Waals surface area contributed by atoms with Crippen molar-refractivity contribution in [3.63, 3.8) is 0 Å². The van der Waals surface area contributed by atoms with Gasteiger partial charge in [0, 0.05) is 64.6 Å². The first-order valence-electron chi connectivity index (χ1n) is 11.0. The van der Waals surface area contributed by atoms with Crippen molar-refractivity contribution < 1.29 is 9.13 Å². The van der Waals surface area contributed by atoms with E-state index in [-0.39, 0.29) is 5.82 Å². The van der Waals surface area contributed by atoms with Gasteiger partial charge in [-0.3, -0.25) is 9.88 Å². The maximum Gasteiger partial charge on any atom is 0.228 e. The minimum absolute atomic E-state index is 0.288. The third-order valence-corrected chi connectivity index (χ3v) is 6.06. The van der Waals surface area contributed by atoms with Gasteiger partial charge in [0.25, 0.3) is 0 Å². The predicted molar refractivity (Wildman–Crippen MR) is 120 cm³/mol. The Morgan fingerprint density at radius 3 is 2.44 bits per heavy atom. The average molecular weight is 435 g/mol. The zero-order valence-electron chi connectivity index (χ0n) is 18.2. The largest absolute Gasteiger partial charge is 0.438 e. The second-order valence-corrected chi connectivity index (χ2v) is 8.42. The van der Waals surface area contributed by atoms with Crippen LogP contribution in [0.2, 0.25) is 0 Å². The van der Waals surface area contributed by atoms with Crippen LogP contribution in [0.1, 0.15) is 16.8 Å². The summed E-state index contributed by atoms with van der Waals surface area (Å²) in [5.74, 6) is 1.57. The molecule has 0 N–H and O–H groups in total. The molecule has 1 aromatic carbocycles. The van der Waals surface area contributed by atoms with Gasteiger partial charge in [-0.2, -0.15) is 4.98 Å². The fourth-order valence-corrected chi connectivity index (χ4v) is 4.16. The van der Waals surface area contributed by atoms with Gasteiger partial charge in [-0.15, -0.1) is 0 Å². The average Bonchev–Trinajstić information content (AvgIpc) is 2.82. The number of aromatic nitrogens is 3. The molecule has 166 valence electrons. The third kappa shape index (κ3) is 4.71. The molecule has 2 aromatic heterocycles. The molecular formula is C24H27FN6O. The van der Waals surface area contributed by atoms with Crippen LogP contribution in [0.25, 0.3) is 0 Å². The van der Waals surface area contributed by atoms with Gasteiger partial charge in [-0.25, -0.2) is 9.37 Å². The van der Waals surface area contributed by atoms with Crippen molar-refractivity contribution in [1.29, 1.82) is 0 Å². The molecule has 4 heterocycles. The van der Waals surface area contributed by atoms with Gasteiger partial charge >= 0.3 is 0 Å². The molecule has 0 atom stereocenters. The van der Waals surface area contributed by atoms with Crippen LogP contribution in [-0.2, 0) is 19.5 Å². The summed E-state index contributed by atoms with van der Waals surface area (Å²) in [5, 5.41) is 0. The first kappa shape index (κ1) is 20.8. The van der Waals surface area contributed by atoms with E-state index in [4.69, 9.17) is 14.7 Å². The highest BCUT2D eigenvalue weighted by Gasteiger charge is 2.26. The monoisotopic (exact) mass is 434 g/mol. The lowest BCUT2D eigenvalue weighted by Crippen LogP contribution is -2.45. The van der Waals surface area contributed by atoms with Crippen molar-refractivity contribution in [2.75, 3.05) is 44.7 Å². The molecule has 5 rings (SSSR count). The third-order valence-electron chi connectivity index (χ3n) is 6.06. The van der Waals surface area contributed by atoms with Crippen LogP contribution in [0.5, 0.6) is 11.6 Å². The van der Waals surface area contributed by atoms with Crippen molar-refractivity contribution in [1.82, 2.24) is 24.8 Å². The summed E-state index contributed by atoms with van der Waals surface area (Å²) in [6.45, 7) is 6.20. The summed E-state index contributed by atoms with van der Waals surface area (Å²) in [7, 11) is 2.13. The number of hydrogen-bond donors (Lipinski definition) is 0. The highest BCUT2D eigenvalue weighted by atomic mass is 19.1. The van der Waals surface area contributed by atoms with Crippen LogP contribution in [0.15, 0.2) is 48.8 Å². The maximum atomic E-state index is 13.4. The van der Waals surface area contributed by atoms with Gasteiger partial charge in [0.2, 0.25) is 11.8 Å². The molecule has 2 aliphatic rings. The number of benzene rings is 1. The van der Waals surface area contributed by atoms with Crippen molar-refractivity contribution in [2.45, 2.75) is 19.5 Å². The SMILES string of the molecule is CN1CCN(c2nc3c(c(Oc4ccc(F)cc4)n2)CN(Cc2ccncc2)CC3)CC1. The van der Waals surface area contributed by atoms with E-state index in [9.17, 15) is 4.39 Å². The summed E-state index contributed by atoms with van der Waals surface area (Å²) >= 11 is 0. The van der Waals surface area contributed by atoms with Crippen LogP contribution in [-0.4, -0.2) is 64.5 Å². The molecule has 7 nitrogen and oxygen atoms in total. The molecule has 0 bridgehead atoms. The Kier molecular flexibility index (Phi) is 5.96. The van der Waals surface area contributed by atoms with Crippen LogP contribution < -0.4 is 9.64 Å². The lowest BCUT2D eigenvalue weighted by Gasteiger charge is -2.34. The second kappa shape index (κ2) is 9.18. The molecule has 8 heteroatoms. The van der Waals surface area contributed by atoms with Crippen molar-refractivity contribution in [3.05, 3.63) is 71.4 Å². The summed E-state index contributed by atoms with van der Waals surface area (Å²) in [4.78, 5) is 20.8. The Morgan fingerprint density at radius 1 is 0.938 bits per heavy atom. The molecule has 32 heavy (non-hydrogen) atoms. The number of anilines is 1. The molecule has 0 amide bonds. The van der Waals surface area contributed by atoms with E-state index >= 15 is 0 Å². The quantitative estimate of drug-likeness (QED) is 0.612. The van der Waals surface area contributed by atoms with Crippen LogP contribution in [0.3, 0.4) is 0 Å². The zero-order valence-corrected chi connectivity index (χ0v) is 18.2. The molecule has 0 saturated carbocycles. The van der Waals surface area contributed by atoms with Gasteiger partial charge in [0.15, 0.2) is 0 Å². The normalized spacial score (nSPS) is 17.2. The molecule has 0 aliphatic carbocycles. The first-order chi connectivity index (χ1) is 15.6. The van der Waals surface area contributed by atoms with Gasteiger partial charge in [0.05, 0.1) is 11.3 Å². The predicted octanol–water partition coefficient (Wildman–Crippen LogP) is 3.11. The van der Waals surface area contributed by atoms with E-state index in [2.05, 4.69) is 26.7 Å². The highest BCUT2D eigenvalue weighted by molar-refractivity contribution is 5.44. The number of nitrogens with zero attached hydrogens (tertiary/aromatic N) is 6. The summed E-state index contributed by atoms with van der Waals surface area (Å²) in [6, 6.07) is 10.2. The van der Waals surface area contributed by atoms with Gasteiger partial charge in [-0.05, 0) is 49.0 Å². The fraction of sp³-hybridized carbons (Fsp3) is 0.375. The fourth-order valence-electron chi connectivity index (χ4n) is 4.16. The minimum atomic E-state index is -0.288. The Labute approximate surface area is 187 Å². The number of piperazine rings is 1. The molecule has 1 fully saturated rings. The standard InChI is InChI=1S/C24H27FN6O/c1-29-12-14-31(15-13-29)24-27-22-8-11-30(16-18-6-9-26-10-7-18)17-21(22)23(28-24)32-20-4-2-19(25)3-5-20/h2-7,9-10H,8,11-17H2,1H3. The van der Waals surface area contributed by atoms with Crippen molar-refractivity contribution in [3.8, 4) is 11.6 Å². The molecule has 1 saturated heterocycles. The van der Waals surface area contributed by atoms with Gasteiger partial charge < -0.3 is 14.5 Å². The van der Waals surface area contributed by atoms with E-state index in [0.717, 1.165) is 62.9 Å². The Hall–Kier alpha value is -3.10. The smallest absolute Gasteiger partial charge is 0.228 e. The minimum Gasteiger partial charge on any atom is -0.438 e. The Balaban J connectivity index is 1.44. The van der Waals surface area contributed by atoms with E-state index in [1.54, 1.807) is 12.1 Å². The number of rotatable bonds is 5. The van der Waals surface area contributed by atoms with Gasteiger partial charge in [0.1, 0.15) is 11.6 Å².